The SMILES string of the molecule is C[C@H]1CN(c2cc(Oc3ccccc3Cl)ncn2)CCN1C(=O)c1ccccc1Cl. The molecule has 0 saturated carbocycles. The van der Waals surface area contributed by atoms with Gasteiger partial charge in [0.2, 0.25) is 5.88 Å². The van der Waals surface area contributed by atoms with Crippen LogP contribution in [0, 0.1) is 0 Å². The predicted octanol–water partition coefficient (Wildman–Crippen LogP) is 4.93. The van der Waals surface area contributed by atoms with Crippen LogP contribution in [0.3, 0.4) is 0 Å². The number of aromatic nitrogens is 2. The van der Waals surface area contributed by atoms with Gasteiger partial charge in [-0.3, -0.25) is 4.79 Å². The molecule has 1 aliphatic rings. The van der Waals surface area contributed by atoms with Crippen molar-refractivity contribution in [2.45, 2.75) is 13.0 Å². The van der Waals surface area contributed by atoms with Crippen molar-refractivity contribution >= 4 is 34.9 Å². The highest BCUT2D eigenvalue weighted by Gasteiger charge is 2.29. The van der Waals surface area contributed by atoms with Gasteiger partial charge in [-0.2, -0.15) is 0 Å². The van der Waals surface area contributed by atoms with Crippen LogP contribution in [0.5, 0.6) is 11.6 Å². The van der Waals surface area contributed by atoms with Crippen molar-refractivity contribution in [1.82, 2.24) is 14.9 Å². The second-order valence-corrected chi connectivity index (χ2v) is 7.83. The van der Waals surface area contributed by atoms with Crippen molar-refractivity contribution < 1.29 is 9.53 Å². The molecule has 8 heteroatoms. The number of carbonyl (C=O) groups is 1. The maximum absolute atomic E-state index is 12.9. The van der Waals surface area contributed by atoms with Gasteiger partial charge >= 0.3 is 0 Å². The number of carbonyl (C=O) groups excluding carboxylic acids is 1. The molecule has 1 atom stereocenters. The molecule has 0 unspecified atom stereocenters. The van der Waals surface area contributed by atoms with Crippen molar-refractivity contribution in [1.29, 1.82) is 0 Å². The molecule has 1 saturated heterocycles. The molecule has 2 aromatic carbocycles. The topological polar surface area (TPSA) is 58.6 Å². The average molecular weight is 443 g/mol. The molecule has 3 aromatic rings. The third-order valence-electron chi connectivity index (χ3n) is 5.00. The first kappa shape index (κ1) is 20.4. The van der Waals surface area contributed by atoms with Crippen LogP contribution in [-0.2, 0) is 0 Å². The van der Waals surface area contributed by atoms with Crippen molar-refractivity contribution in [2.75, 3.05) is 24.5 Å². The zero-order valence-corrected chi connectivity index (χ0v) is 17.8. The maximum atomic E-state index is 12.9. The Morgan fingerprint density at radius 1 is 1.03 bits per heavy atom. The van der Waals surface area contributed by atoms with E-state index in [1.54, 1.807) is 30.3 Å². The average Bonchev–Trinajstić information content (AvgIpc) is 2.75. The molecule has 0 radical (unpaired) electrons. The summed E-state index contributed by atoms with van der Waals surface area (Å²) >= 11 is 12.4. The number of hydrogen-bond acceptors (Lipinski definition) is 5. The van der Waals surface area contributed by atoms with E-state index in [0.29, 0.717) is 46.9 Å². The van der Waals surface area contributed by atoms with E-state index >= 15 is 0 Å². The molecule has 1 aromatic heterocycles. The maximum Gasteiger partial charge on any atom is 0.255 e. The highest BCUT2D eigenvalue weighted by molar-refractivity contribution is 6.33. The van der Waals surface area contributed by atoms with Gasteiger partial charge in [0, 0.05) is 31.7 Å². The van der Waals surface area contributed by atoms with Crippen LogP contribution in [0.25, 0.3) is 0 Å². The van der Waals surface area contributed by atoms with Crippen molar-refractivity contribution in [3.05, 3.63) is 76.5 Å². The summed E-state index contributed by atoms with van der Waals surface area (Å²) in [5.41, 5.74) is 0.525. The van der Waals surface area contributed by atoms with E-state index in [1.165, 1.54) is 6.33 Å². The molecule has 2 heterocycles. The smallest absolute Gasteiger partial charge is 0.255 e. The van der Waals surface area contributed by atoms with Gasteiger partial charge in [-0.1, -0.05) is 47.5 Å². The van der Waals surface area contributed by atoms with Gasteiger partial charge in [0.1, 0.15) is 17.9 Å². The van der Waals surface area contributed by atoms with E-state index < -0.39 is 0 Å². The lowest BCUT2D eigenvalue weighted by atomic mass is 10.1. The van der Waals surface area contributed by atoms with E-state index in [-0.39, 0.29) is 11.9 Å². The Kier molecular flexibility index (Phi) is 6.06. The number of anilines is 1. The van der Waals surface area contributed by atoms with Crippen LogP contribution in [0.2, 0.25) is 10.0 Å². The summed E-state index contributed by atoms with van der Waals surface area (Å²) in [6, 6.07) is 16.1. The Bertz CT molecular complexity index is 1060. The number of hydrogen-bond donors (Lipinski definition) is 0. The third kappa shape index (κ3) is 4.35. The molecule has 0 N–H and O–H groups in total. The summed E-state index contributed by atoms with van der Waals surface area (Å²) in [6.07, 6.45) is 1.47. The normalized spacial score (nSPS) is 16.4. The first-order valence-electron chi connectivity index (χ1n) is 9.58. The highest BCUT2D eigenvalue weighted by atomic mass is 35.5. The van der Waals surface area contributed by atoms with Gasteiger partial charge < -0.3 is 14.5 Å². The zero-order valence-electron chi connectivity index (χ0n) is 16.3. The number of amides is 1. The molecule has 0 bridgehead atoms. The molecule has 1 fully saturated rings. The van der Waals surface area contributed by atoms with Crippen LogP contribution >= 0.6 is 23.2 Å². The molecule has 0 spiro atoms. The second kappa shape index (κ2) is 8.90. The van der Waals surface area contributed by atoms with Crippen LogP contribution in [0.15, 0.2) is 60.9 Å². The second-order valence-electron chi connectivity index (χ2n) is 7.02. The van der Waals surface area contributed by atoms with Crippen LogP contribution in [-0.4, -0.2) is 46.5 Å². The highest BCUT2D eigenvalue weighted by Crippen LogP contribution is 2.29. The summed E-state index contributed by atoms with van der Waals surface area (Å²) in [4.78, 5) is 25.5. The number of nitrogens with zero attached hydrogens (tertiary/aromatic N) is 4. The number of halogens is 2. The fourth-order valence-electron chi connectivity index (χ4n) is 3.46. The Morgan fingerprint density at radius 3 is 2.50 bits per heavy atom. The number of ether oxygens (including phenoxy) is 1. The van der Waals surface area contributed by atoms with Crippen LogP contribution < -0.4 is 9.64 Å². The van der Waals surface area contributed by atoms with E-state index in [2.05, 4.69) is 14.9 Å². The van der Waals surface area contributed by atoms with Gasteiger partial charge in [-0.25, -0.2) is 9.97 Å². The lowest BCUT2D eigenvalue weighted by Gasteiger charge is -2.40. The molecule has 6 nitrogen and oxygen atoms in total. The van der Waals surface area contributed by atoms with Gasteiger partial charge in [-0.15, -0.1) is 0 Å². The van der Waals surface area contributed by atoms with Gasteiger partial charge in [0.25, 0.3) is 5.91 Å². The molecule has 0 aliphatic carbocycles. The van der Waals surface area contributed by atoms with E-state index in [9.17, 15) is 4.79 Å². The predicted molar refractivity (Wildman–Crippen MR) is 118 cm³/mol. The number of piperazine rings is 1. The Labute approximate surface area is 185 Å². The Balaban J connectivity index is 1.46. The summed E-state index contributed by atoms with van der Waals surface area (Å²) in [7, 11) is 0. The zero-order chi connectivity index (χ0) is 21.1. The minimum absolute atomic E-state index is 0.00887. The number of benzene rings is 2. The lowest BCUT2D eigenvalue weighted by Crippen LogP contribution is -2.54. The molecular formula is C22H20Cl2N4O2. The van der Waals surface area contributed by atoms with Gasteiger partial charge in [0.15, 0.2) is 0 Å². The molecule has 1 aliphatic heterocycles. The summed E-state index contributed by atoms with van der Waals surface area (Å²) < 4.78 is 5.81. The number of para-hydroxylation sites is 1. The van der Waals surface area contributed by atoms with Gasteiger partial charge in [0.05, 0.1) is 15.6 Å². The lowest BCUT2D eigenvalue weighted by molar-refractivity contribution is 0.0674. The standard InChI is InChI=1S/C22H20Cl2N4O2/c1-15-13-27(10-11-28(15)22(29)16-6-2-3-7-17(16)23)20-12-21(26-14-25-20)30-19-9-5-4-8-18(19)24/h2-9,12,14-15H,10-11,13H2,1H3/t15-/m0/s1. The fraction of sp³-hybridized carbons (Fsp3) is 0.227. The molecule has 154 valence electrons. The van der Waals surface area contributed by atoms with Gasteiger partial charge in [-0.05, 0) is 31.2 Å². The van der Waals surface area contributed by atoms with E-state index in [0.717, 1.165) is 5.82 Å². The first-order chi connectivity index (χ1) is 14.5. The molecular weight excluding hydrogens is 423 g/mol. The minimum atomic E-state index is -0.0572. The minimum Gasteiger partial charge on any atom is -0.437 e. The van der Waals surface area contributed by atoms with E-state index in [1.807, 2.05) is 36.1 Å². The Hall–Kier alpha value is -2.83. The quantitative estimate of drug-likeness (QED) is 0.573. The molecule has 1 amide bonds. The third-order valence-corrected chi connectivity index (χ3v) is 5.64. The summed E-state index contributed by atoms with van der Waals surface area (Å²) in [5.74, 6) is 1.63. The number of rotatable bonds is 4. The monoisotopic (exact) mass is 442 g/mol. The van der Waals surface area contributed by atoms with E-state index in [4.69, 9.17) is 27.9 Å². The first-order valence-corrected chi connectivity index (χ1v) is 10.3. The summed E-state index contributed by atoms with van der Waals surface area (Å²) in [5, 5.41) is 0.979. The van der Waals surface area contributed by atoms with Crippen molar-refractivity contribution in [2.24, 2.45) is 0 Å². The van der Waals surface area contributed by atoms with Crippen LogP contribution in [0.4, 0.5) is 5.82 Å². The summed E-state index contributed by atoms with van der Waals surface area (Å²) in [6.45, 7) is 3.86. The largest absolute Gasteiger partial charge is 0.437 e. The molecule has 30 heavy (non-hydrogen) atoms. The fourth-order valence-corrected chi connectivity index (χ4v) is 3.85. The van der Waals surface area contributed by atoms with Crippen molar-refractivity contribution in [3.63, 3.8) is 0 Å². The molecule has 4 rings (SSSR count). The van der Waals surface area contributed by atoms with Crippen LogP contribution in [0.1, 0.15) is 17.3 Å². The van der Waals surface area contributed by atoms with Crippen molar-refractivity contribution in [3.8, 4) is 11.6 Å². The Morgan fingerprint density at radius 2 is 1.77 bits per heavy atom.